The van der Waals surface area contributed by atoms with Crippen LogP contribution in [-0.2, 0) is 19.1 Å². The van der Waals surface area contributed by atoms with Crippen LogP contribution >= 0.6 is 0 Å². The van der Waals surface area contributed by atoms with Crippen LogP contribution in [0.1, 0.15) is 194 Å². The van der Waals surface area contributed by atoms with Gasteiger partial charge >= 0.3 is 23.9 Å². The first-order valence-electron chi connectivity index (χ1n) is 21.5. The number of carboxylic acids is 1. The topological polar surface area (TPSA) is 116 Å². The van der Waals surface area contributed by atoms with Crippen LogP contribution in [0.2, 0.25) is 0 Å². The Morgan fingerprint density at radius 2 is 0.873 bits per heavy atom. The molecule has 8 heteroatoms. The van der Waals surface area contributed by atoms with Gasteiger partial charge in [0.15, 0.2) is 5.92 Å². The Morgan fingerprint density at radius 1 is 0.509 bits per heavy atom. The van der Waals surface area contributed by atoms with Crippen molar-refractivity contribution < 1.29 is 38.5 Å². The molecule has 0 aliphatic carbocycles. The van der Waals surface area contributed by atoms with E-state index in [1.807, 2.05) is 0 Å². The summed E-state index contributed by atoms with van der Waals surface area (Å²) in [5.74, 6) is -3.80. The SMILES string of the molecule is CCCCCCCCCCCCCCOC(=O)C(C=Cc1ccc(OC(=O)c2ccc(C(=O)O)cc2)cc1)C(=O)OCCCCCCCCCCCCCC. The fourth-order valence-electron chi connectivity index (χ4n) is 6.43. The lowest BCUT2D eigenvalue weighted by molar-refractivity contribution is -0.159. The van der Waals surface area contributed by atoms with Crippen molar-refractivity contribution >= 4 is 30.0 Å². The van der Waals surface area contributed by atoms with Crippen molar-refractivity contribution in [3.05, 3.63) is 71.3 Å². The van der Waals surface area contributed by atoms with Crippen molar-refractivity contribution in [2.24, 2.45) is 5.92 Å². The van der Waals surface area contributed by atoms with Crippen LogP contribution in [0, 0.1) is 5.92 Å². The van der Waals surface area contributed by atoms with E-state index in [-0.39, 0.29) is 24.3 Å². The number of hydrogen-bond acceptors (Lipinski definition) is 7. The highest BCUT2D eigenvalue weighted by Crippen LogP contribution is 2.19. The van der Waals surface area contributed by atoms with Gasteiger partial charge in [0.2, 0.25) is 0 Å². The molecule has 0 unspecified atom stereocenters. The molecule has 0 aliphatic rings. The maximum atomic E-state index is 13.1. The number of carbonyl (C=O) groups excluding carboxylic acids is 3. The molecule has 0 spiro atoms. The van der Waals surface area contributed by atoms with Crippen molar-refractivity contribution in [3.8, 4) is 5.75 Å². The van der Waals surface area contributed by atoms with E-state index in [9.17, 15) is 19.2 Å². The molecule has 306 valence electrons. The molecule has 2 aromatic carbocycles. The van der Waals surface area contributed by atoms with Crippen LogP contribution in [-0.4, -0.2) is 42.2 Å². The van der Waals surface area contributed by atoms with Crippen molar-refractivity contribution in [2.75, 3.05) is 13.2 Å². The second-order valence-electron chi connectivity index (χ2n) is 14.8. The lowest BCUT2D eigenvalue weighted by Gasteiger charge is -2.13. The Bertz CT molecular complexity index is 1310. The third-order valence-corrected chi connectivity index (χ3v) is 9.93. The molecule has 0 amide bonds. The normalized spacial score (nSPS) is 11.3. The monoisotopic (exact) mass is 763 g/mol. The van der Waals surface area contributed by atoms with E-state index in [4.69, 9.17) is 19.3 Å². The van der Waals surface area contributed by atoms with Crippen molar-refractivity contribution in [3.63, 3.8) is 0 Å². The average molecular weight is 763 g/mol. The number of carboxylic acid groups (broad SMARTS) is 1. The van der Waals surface area contributed by atoms with Crippen LogP contribution in [0.5, 0.6) is 5.75 Å². The summed E-state index contributed by atoms with van der Waals surface area (Å²) in [4.78, 5) is 49.9. The van der Waals surface area contributed by atoms with Crippen molar-refractivity contribution in [2.45, 2.75) is 168 Å². The zero-order valence-electron chi connectivity index (χ0n) is 34.0. The van der Waals surface area contributed by atoms with Gasteiger partial charge in [-0.05, 0) is 54.8 Å². The third-order valence-electron chi connectivity index (χ3n) is 9.93. The largest absolute Gasteiger partial charge is 0.478 e. The summed E-state index contributed by atoms with van der Waals surface area (Å²) in [6, 6.07) is 12.1. The Labute approximate surface area is 331 Å². The molecule has 0 bridgehead atoms. The van der Waals surface area contributed by atoms with E-state index in [1.54, 1.807) is 30.3 Å². The van der Waals surface area contributed by atoms with Gasteiger partial charge in [0.05, 0.1) is 24.3 Å². The first-order chi connectivity index (χ1) is 26.8. The molecule has 0 radical (unpaired) electrons. The molecule has 0 saturated carbocycles. The van der Waals surface area contributed by atoms with Crippen LogP contribution < -0.4 is 4.74 Å². The van der Waals surface area contributed by atoms with Crippen LogP contribution in [0.4, 0.5) is 0 Å². The Morgan fingerprint density at radius 3 is 1.25 bits per heavy atom. The quantitative estimate of drug-likeness (QED) is 0.0331. The van der Waals surface area contributed by atoms with Gasteiger partial charge in [-0.3, -0.25) is 9.59 Å². The number of benzene rings is 2. The molecule has 0 heterocycles. The van der Waals surface area contributed by atoms with Gasteiger partial charge in [0.25, 0.3) is 0 Å². The molecule has 1 N–H and O–H groups in total. The van der Waals surface area contributed by atoms with E-state index in [2.05, 4.69) is 13.8 Å². The highest BCUT2D eigenvalue weighted by molar-refractivity contribution is 5.98. The molecular formula is C47H70O8. The third kappa shape index (κ3) is 22.9. The minimum absolute atomic E-state index is 0.0763. The van der Waals surface area contributed by atoms with Crippen molar-refractivity contribution in [1.29, 1.82) is 0 Å². The van der Waals surface area contributed by atoms with Gasteiger partial charge in [0, 0.05) is 0 Å². The molecule has 0 aliphatic heterocycles. The second-order valence-corrected chi connectivity index (χ2v) is 14.8. The Kier molecular flexibility index (Phi) is 26.9. The molecule has 8 nitrogen and oxygen atoms in total. The first-order valence-corrected chi connectivity index (χ1v) is 21.5. The van der Waals surface area contributed by atoms with E-state index in [0.717, 1.165) is 38.5 Å². The average Bonchev–Trinajstić information content (AvgIpc) is 3.19. The predicted molar refractivity (Wildman–Crippen MR) is 221 cm³/mol. The molecule has 55 heavy (non-hydrogen) atoms. The second kappa shape index (κ2) is 31.3. The number of hydrogen-bond donors (Lipinski definition) is 1. The van der Waals surface area contributed by atoms with Crippen LogP contribution in [0.3, 0.4) is 0 Å². The summed E-state index contributed by atoms with van der Waals surface area (Å²) in [5, 5.41) is 9.07. The number of rotatable bonds is 33. The van der Waals surface area contributed by atoms with Crippen LogP contribution in [0.25, 0.3) is 6.08 Å². The fourth-order valence-corrected chi connectivity index (χ4v) is 6.43. The summed E-state index contributed by atoms with van der Waals surface area (Å²) in [6.07, 6.45) is 32.3. The summed E-state index contributed by atoms with van der Waals surface area (Å²) >= 11 is 0. The minimum Gasteiger partial charge on any atom is -0.478 e. The Hall–Kier alpha value is -3.94. The van der Waals surface area contributed by atoms with Crippen LogP contribution in [0.15, 0.2) is 54.6 Å². The maximum Gasteiger partial charge on any atom is 0.343 e. The van der Waals surface area contributed by atoms with E-state index >= 15 is 0 Å². The number of ether oxygens (including phenoxy) is 3. The fraction of sp³-hybridized carbons (Fsp3) is 0.617. The number of carbonyl (C=O) groups is 4. The van der Waals surface area contributed by atoms with Crippen molar-refractivity contribution in [1.82, 2.24) is 0 Å². The minimum atomic E-state index is -1.18. The number of unbranched alkanes of at least 4 members (excludes halogenated alkanes) is 22. The molecule has 2 aromatic rings. The highest BCUT2D eigenvalue weighted by atomic mass is 16.6. The first kappa shape index (κ1) is 47.2. The molecular weight excluding hydrogens is 693 g/mol. The molecule has 2 rings (SSSR count). The molecule has 0 aromatic heterocycles. The Balaban J connectivity index is 1.82. The van der Waals surface area contributed by atoms with Gasteiger partial charge in [-0.15, -0.1) is 0 Å². The standard InChI is InChI=1S/C47H70O8/c1-3-5-7-9-11-13-15-17-19-21-23-25-37-53-46(51)43(47(52)54-38-26-24-22-20-18-16-14-12-10-8-6-4-2)36-29-39-27-34-42(35-28-39)55-45(50)41-32-30-40(31-33-41)44(48)49/h27-36,43H,3-26,37-38H2,1-2H3,(H,48,49). The van der Waals surface area contributed by atoms with Gasteiger partial charge < -0.3 is 19.3 Å². The van der Waals surface area contributed by atoms with Gasteiger partial charge in [-0.1, -0.05) is 179 Å². The molecule has 0 saturated heterocycles. The van der Waals surface area contributed by atoms with Gasteiger partial charge in [0.1, 0.15) is 5.75 Å². The lowest BCUT2D eigenvalue weighted by Crippen LogP contribution is -2.27. The number of esters is 3. The summed E-state index contributed by atoms with van der Waals surface area (Å²) in [6.45, 7) is 5.03. The smallest absolute Gasteiger partial charge is 0.343 e. The molecule has 0 atom stereocenters. The molecule has 0 fully saturated rings. The zero-order valence-corrected chi connectivity index (χ0v) is 34.0. The van der Waals surface area contributed by atoms with E-state index in [0.29, 0.717) is 11.3 Å². The van der Waals surface area contributed by atoms with E-state index < -0.39 is 29.8 Å². The summed E-state index contributed by atoms with van der Waals surface area (Å²) < 4.78 is 16.6. The summed E-state index contributed by atoms with van der Waals surface area (Å²) in [7, 11) is 0. The zero-order chi connectivity index (χ0) is 39.8. The number of aromatic carboxylic acids is 1. The highest BCUT2D eigenvalue weighted by Gasteiger charge is 2.27. The van der Waals surface area contributed by atoms with Gasteiger partial charge in [-0.2, -0.15) is 0 Å². The van der Waals surface area contributed by atoms with Gasteiger partial charge in [-0.25, -0.2) is 9.59 Å². The summed E-state index contributed by atoms with van der Waals surface area (Å²) in [5.41, 5.74) is 0.992. The predicted octanol–water partition coefficient (Wildman–Crippen LogP) is 12.7. The van der Waals surface area contributed by atoms with E-state index in [1.165, 1.54) is 146 Å². The maximum absolute atomic E-state index is 13.1. The lowest BCUT2D eigenvalue weighted by atomic mass is 10.1.